The van der Waals surface area contributed by atoms with E-state index in [4.69, 9.17) is 0 Å². The number of rotatable bonds is 3. The minimum atomic E-state index is -0.191. The molecule has 0 aliphatic carbocycles. The largest absolute Gasteiger partial charge is 0.379 e. The molecule has 3 nitrogen and oxygen atoms in total. The van der Waals surface area contributed by atoms with E-state index < -0.39 is 0 Å². The second-order valence-electron chi connectivity index (χ2n) is 3.79. The molecule has 0 fully saturated rings. The summed E-state index contributed by atoms with van der Waals surface area (Å²) in [6.45, 7) is 4.30. The Bertz CT molecular complexity index is 491. The molecule has 2 aromatic rings. The smallest absolute Gasteiger partial charge is 0.128 e. The van der Waals surface area contributed by atoms with Crippen LogP contribution in [0, 0.1) is 19.7 Å². The summed E-state index contributed by atoms with van der Waals surface area (Å²) in [6, 6.07) is 5.12. The molecule has 0 amide bonds. The Labute approximate surface area is 93.7 Å². The lowest BCUT2D eigenvalue weighted by molar-refractivity contribution is 0.619. The van der Waals surface area contributed by atoms with Gasteiger partial charge in [0, 0.05) is 11.4 Å². The van der Waals surface area contributed by atoms with Crippen molar-refractivity contribution in [3.63, 3.8) is 0 Å². The Balaban J connectivity index is 2.05. The van der Waals surface area contributed by atoms with Crippen LogP contribution in [0.15, 0.2) is 24.5 Å². The summed E-state index contributed by atoms with van der Waals surface area (Å²) in [5.74, 6) is -0.191. The van der Waals surface area contributed by atoms with Crippen LogP contribution in [-0.2, 0) is 6.54 Å². The number of nitrogens with zero attached hydrogens (tertiary/aromatic N) is 1. The van der Waals surface area contributed by atoms with Crippen molar-refractivity contribution in [2.75, 3.05) is 5.32 Å². The van der Waals surface area contributed by atoms with Crippen molar-refractivity contribution in [1.82, 2.24) is 9.97 Å². The number of aromatic nitrogens is 2. The van der Waals surface area contributed by atoms with E-state index in [1.807, 2.05) is 13.0 Å². The predicted octanol–water partition coefficient (Wildman–Crippen LogP) is 2.78. The lowest BCUT2D eigenvalue weighted by Gasteiger charge is -2.06. The van der Waals surface area contributed by atoms with Crippen molar-refractivity contribution in [2.45, 2.75) is 20.4 Å². The van der Waals surface area contributed by atoms with Crippen LogP contribution < -0.4 is 5.32 Å². The van der Waals surface area contributed by atoms with E-state index in [0.29, 0.717) is 12.1 Å². The molecular formula is C12H14FN3. The van der Waals surface area contributed by atoms with Crippen molar-refractivity contribution in [1.29, 1.82) is 0 Å². The maximum Gasteiger partial charge on any atom is 0.128 e. The van der Waals surface area contributed by atoms with Crippen molar-refractivity contribution < 1.29 is 4.39 Å². The highest BCUT2D eigenvalue weighted by Gasteiger charge is 2.02. The third-order valence-electron chi connectivity index (χ3n) is 2.57. The van der Waals surface area contributed by atoms with E-state index in [2.05, 4.69) is 15.3 Å². The van der Waals surface area contributed by atoms with Gasteiger partial charge in [0.2, 0.25) is 0 Å². The van der Waals surface area contributed by atoms with Gasteiger partial charge in [0.1, 0.15) is 5.82 Å². The van der Waals surface area contributed by atoms with Gasteiger partial charge in [-0.3, -0.25) is 0 Å². The summed E-state index contributed by atoms with van der Waals surface area (Å²) in [4.78, 5) is 7.16. The number of aromatic amines is 1. The highest BCUT2D eigenvalue weighted by atomic mass is 19.1. The van der Waals surface area contributed by atoms with E-state index >= 15 is 0 Å². The standard InChI is InChI=1S/C12H14FN3/c1-8-3-4-10(5-11(8)13)14-6-12-9(2)15-7-16-12/h3-5,7,14H,6H2,1-2H3,(H,15,16). The molecule has 0 aliphatic heterocycles. The van der Waals surface area contributed by atoms with Crippen LogP contribution in [0.2, 0.25) is 0 Å². The molecule has 84 valence electrons. The van der Waals surface area contributed by atoms with Gasteiger partial charge in [-0.05, 0) is 31.5 Å². The molecule has 0 saturated carbocycles. The summed E-state index contributed by atoms with van der Waals surface area (Å²) in [5.41, 5.74) is 3.40. The second-order valence-corrected chi connectivity index (χ2v) is 3.79. The molecule has 0 unspecified atom stereocenters. The number of nitrogens with one attached hydrogen (secondary N) is 2. The van der Waals surface area contributed by atoms with Crippen molar-refractivity contribution in [3.05, 3.63) is 47.3 Å². The van der Waals surface area contributed by atoms with Crippen LogP contribution in [0.1, 0.15) is 17.0 Å². The van der Waals surface area contributed by atoms with Crippen LogP contribution in [0.25, 0.3) is 0 Å². The maximum atomic E-state index is 13.3. The van der Waals surface area contributed by atoms with E-state index in [1.165, 1.54) is 6.07 Å². The number of hydrogen-bond acceptors (Lipinski definition) is 2. The van der Waals surface area contributed by atoms with E-state index in [0.717, 1.165) is 17.1 Å². The highest BCUT2D eigenvalue weighted by molar-refractivity contribution is 5.45. The summed E-state index contributed by atoms with van der Waals surface area (Å²) in [5, 5.41) is 3.13. The fraction of sp³-hybridized carbons (Fsp3) is 0.250. The SMILES string of the molecule is Cc1ccc(NCc2nc[nH]c2C)cc1F. The van der Waals surface area contributed by atoms with Crippen LogP contribution in [0.4, 0.5) is 10.1 Å². The van der Waals surface area contributed by atoms with Crippen LogP contribution in [0.3, 0.4) is 0 Å². The number of aryl methyl sites for hydroxylation is 2. The van der Waals surface area contributed by atoms with Gasteiger partial charge in [0.25, 0.3) is 0 Å². The van der Waals surface area contributed by atoms with E-state index in [1.54, 1.807) is 19.3 Å². The zero-order chi connectivity index (χ0) is 11.5. The van der Waals surface area contributed by atoms with Crippen molar-refractivity contribution in [3.8, 4) is 0 Å². The lowest BCUT2D eigenvalue weighted by Crippen LogP contribution is -2.01. The number of H-pyrrole nitrogens is 1. The summed E-state index contributed by atoms with van der Waals surface area (Å²) in [7, 11) is 0. The molecule has 0 aliphatic rings. The number of anilines is 1. The molecule has 0 bridgehead atoms. The van der Waals surface area contributed by atoms with Gasteiger partial charge in [-0.25, -0.2) is 9.37 Å². The molecule has 1 aromatic heterocycles. The number of halogens is 1. The summed E-state index contributed by atoms with van der Waals surface area (Å²) < 4.78 is 13.3. The molecular weight excluding hydrogens is 205 g/mol. The molecule has 0 saturated heterocycles. The average molecular weight is 219 g/mol. The van der Waals surface area contributed by atoms with Gasteiger partial charge in [-0.2, -0.15) is 0 Å². The fourth-order valence-corrected chi connectivity index (χ4v) is 1.45. The first kappa shape index (κ1) is 10.7. The number of hydrogen-bond donors (Lipinski definition) is 2. The zero-order valence-corrected chi connectivity index (χ0v) is 9.34. The quantitative estimate of drug-likeness (QED) is 0.833. The second kappa shape index (κ2) is 4.35. The Morgan fingerprint density at radius 3 is 2.81 bits per heavy atom. The summed E-state index contributed by atoms with van der Waals surface area (Å²) in [6.07, 6.45) is 1.65. The van der Waals surface area contributed by atoms with Gasteiger partial charge in [-0.15, -0.1) is 0 Å². The maximum absolute atomic E-state index is 13.3. The molecule has 1 heterocycles. The first-order valence-electron chi connectivity index (χ1n) is 5.15. The molecule has 0 radical (unpaired) electrons. The highest BCUT2D eigenvalue weighted by Crippen LogP contribution is 2.14. The summed E-state index contributed by atoms with van der Waals surface area (Å²) >= 11 is 0. The molecule has 2 N–H and O–H groups in total. The van der Waals surface area contributed by atoms with Crippen LogP contribution in [0.5, 0.6) is 0 Å². The molecule has 0 spiro atoms. The zero-order valence-electron chi connectivity index (χ0n) is 9.34. The average Bonchev–Trinajstić information content (AvgIpc) is 2.66. The third-order valence-corrected chi connectivity index (χ3v) is 2.57. The number of imidazole rings is 1. The molecule has 0 atom stereocenters. The first-order chi connectivity index (χ1) is 7.66. The van der Waals surface area contributed by atoms with E-state index in [9.17, 15) is 4.39 Å². The number of benzene rings is 1. The topological polar surface area (TPSA) is 40.7 Å². The molecule has 16 heavy (non-hydrogen) atoms. The molecule has 4 heteroatoms. The minimum absolute atomic E-state index is 0.191. The third kappa shape index (κ3) is 2.21. The minimum Gasteiger partial charge on any atom is -0.379 e. The Hall–Kier alpha value is -1.84. The monoisotopic (exact) mass is 219 g/mol. The van der Waals surface area contributed by atoms with Gasteiger partial charge >= 0.3 is 0 Å². The normalized spacial score (nSPS) is 10.4. The van der Waals surface area contributed by atoms with Gasteiger partial charge in [-0.1, -0.05) is 6.07 Å². The van der Waals surface area contributed by atoms with Crippen LogP contribution in [-0.4, -0.2) is 9.97 Å². The first-order valence-corrected chi connectivity index (χ1v) is 5.15. The predicted molar refractivity (Wildman–Crippen MR) is 61.8 cm³/mol. The van der Waals surface area contributed by atoms with Gasteiger partial charge in [0.15, 0.2) is 0 Å². The fourth-order valence-electron chi connectivity index (χ4n) is 1.45. The molecule has 1 aromatic carbocycles. The van der Waals surface area contributed by atoms with Crippen LogP contribution >= 0.6 is 0 Å². The lowest BCUT2D eigenvalue weighted by atomic mass is 10.2. The Morgan fingerprint density at radius 2 is 2.19 bits per heavy atom. The van der Waals surface area contributed by atoms with Gasteiger partial charge in [0.05, 0.1) is 18.6 Å². The van der Waals surface area contributed by atoms with Crippen molar-refractivity contribution in [2.24, 2.45) is 0 Å². The molecule has 2 rings (SSSR count). The Kier molecular flexibility index (Phi) is 2.90. The van der Waals surface area contributed by atoms with E-state index in [-0.39, 0.29) is 5.82 Å². The van der Waals surface area contributed by atoms with Gasteiger partial charge < -0.3 is 10.3 Å². The van der Waals surface area contributed by atoms with Crippen molar-refractivity contribution >= 4 is 5.69 Å². The Morgan fingerprint density at radius 1 is 1.38 bits per heavy atom.